The van der Waals surface area contributed by atoms with Gasteiger partial charge in [-0.05, 0) is 25.7 Å². The lowest BCUT2D eigenvalue weighted by atomic mass is 10.1. The molecular weight excluding hydrogens is 270 g/mol. The Morgan fingerprint density at radius 2 is 2.37 bits per heavy atom. The molecule has 1 aromatic heterocycles. The van der Waals surface area contributed by atoms with Crippen molar-refractivity contribution in [3.8, 4) is 0 Å². The van der Waals surface area contributed by atoms with Crippen LogP contribution in [0.2, 0.25) is 0 Å². The van der Waals surface area contributed by atoms with Crippen molar-refractivity contribution in [1.29, 1.82) is 0 Å². The van der Waals surface area contributed by atoms with Gasteiger partial charge in [-0.15, -0.1) is 0 Å². The van der Waals surface area contributed by atoms with E-state index in [4.69, 9.17) is 9.84 Å². The zero-order valence-corrected chi connectivity index (χ0v) is 11.4. The summed E-state index contributed by atoms with van der Waals surface area (Å²) in [5.41, 5.74) is 0.265. The summed E-state index contributed by atoms with van der Waals surface area (Å²) in [6, 6.07) is 0. The Bertz CT molecular complexity index is 494. The average Bonchev–Trinajstić information content (AvgIpc) is 2.89. The van der Waals surface area contributed by atoms with Gasteiger partial charge in [0, 0.05) is 18.7 Å². The molecule has 0 aliphatic carbocycles. The number of H-pyrrole nitrogens is 1. The van der Waals surface area contributed by atoms with Gasteiger partial charge >= 0.3 is 0 Å². The molecule has 1 aromatic rings. The minimum Gasteiger partial charge on any atom is -0.392 e. The average molecular weight is 289 g/mol. The predicted octanol–water partition coefficient (Wildman–Crippen LogP) is 0.139. The molecule has 0 bridgehead atoms. The lowest BCUT2D eigenvalue weighted by molar-refractivity contribution is 0.0123. The molecule has 0 radical (unpaired) electrons. The molecule has 7 nitrogen and oxygen atoms in total. The summed E-state index contributed by atoms with van der Waals surface area (Å²) in [4.78, 5) is 0. The largest absolute Gasteiger partial charge is 0.392 e. The monoisotopic (exact) mass is 289 g/mol. The van der Waals surface area contributed by atoms with Gasteiger partial charge in [0.1, 0.15) is 0 Å². The summed E-state index contributed by atoms with van der Waals surface area (Å²) >= 11 is 0. The third-order valence-electron chi connectivity index (χ3n) is 3.15. The second-order valence-corrected chi connectivity index (χ2v) is 6.26. The highest BCUT2D eigenvalue weighted by atomic mass is 32.2. The van der Waals surface area contributed by atoms with Crippen LogP contribution in [0.25, 0.3) is 0 Å². The van der Waals surface area contributed by atoms with Crippen molar-refractivity contribution in [1.82, 2.24) is 14.9 Å². The molecule has 108 valence electrons. The molecule has 8 heteroatoms. The van der Waals surface area contributed by atoms with E-state index < -0.39 is 10.0 Å². The van der Waals surface area contributed by atoms with Crippen LogP contribution in [-0.2, 0) is 21.4 Å². The van der Waals surface area contributed by atoms with E-state index in [1.54, 1.807) is 0 Å². The zero-order chi connectivity index (χ0) is 13.7. The molecule has 2 rings (SSSR count). The number of aromatic amines is 1. The van der Waals surface area contributed by atoms with Crippen LogP contribution in [0.4, 0.5) is 0 Å². The first-order valence-electron chi connectivity index (χ1n) is 6.38. The number of hydrogen-bond donors (Lipinski definition) is 3. The van der Waals surface area contributed by atoms with Crippen molar-refractivity contribution in [3.63, 3.8) is 0 Å². The minimum atomic E-state index is -3.64. The third kappa shape index (κ3) is 3.75. The number of aromatic nitrogens is 2. The van der Waals surface area contributed by atoms with E-state index in [1.165, 1.54) is 6.20 Å². The molecule has 1 atom stereocenters. The first-order valence-corrected chi connectivity index (χ1v) is 7.86. The number of hydrogen-bond acceptors (Lipinski definition) is 5. The van der Waals surface area contributed by atoms with E-state index >= 15 is 0 Å². The fourth-order valence-electron chi connectivity index (χ4n) is 2.11. The number of nitrogens with one attached hydrogen (secondary N) is 2. The fraction of sp³-hybridized carbons (Fsp3) is 0.727. The van der Waals surface area contributed by atoms with Crippen molar-refractivity contribution >= 4 is 10.0 Å². The Kier molecular flexibility index (Phi) is 4.92. The van der Waals surface area contributed by atoms with Crippen LogP contribution in [0.5, 0.6) is 0 Å². The van der Waals surface area contributed by atoms with Gasteiger partial charge in [-0.1, -0.05) is 0 Å². The molecule has 3 N–H and O–H groups in total. The summed E-state index contributed by atoms with van der Waals surface area (Å²) in [5, 5.41) is 15.0. The van der Waals surface area contributed by atoms with Gasteiger partial charge in [-0.3, -0.25) is 5.10 Å². The molecule has 1 unspecified atom stereocenters. The van der Waals surface area contributed by atoms with Crippen molar-refractivity contribution < 1.29 is 18.3 Å². The Labute approximate surface area is 112 Å². The standard InChI is InChI=1S/C11H19N3O4S/c15-8-9-7-12-14-11(9)19(16,17)13-5-4-10-3-1-2-6-18-10/h7,10,13,15H,1-6,8H2,(H,12,14). The number of aliphatic hydroxyl groups is 1. The Hall–Kier alpha value is -0.960. The van der Waals surface area contributed by atoms with Crippen LogP contribution in [0, 0.1) is 0 Å². The number of aliphatic hydroxyl groups excluding tert-OH is 1. The number of rotatable bonds is 6. The molecule has 1 saturated heterocycles. The zero-order valence-electron chi connectivity index (χ0n) is 10.6. The summed E-state index contributed by atoms with van der Waals surface area (Å²) in [6.07, 6.45) is 5.28. The number of nitrogens with zero attached hydrogens (tertiary/aromatic N) is 1. The molecule has 0 aromatic carbocycles. The van der Waals surface area contributed by atoms with E-state index in [0.29, 0.717) is 13.0 Å². The molecule has 1 fully saturated rings. The predicted molar refractivity (Wildman–Crippen MR) is 67.9 cm³/mol. The fourth-order valence-corrected chi connectivity index (χ4v) is 3.27. The summed E-state index contributed by atoms with van der Waals surface area (Å²) in [5.74, 6) is 0. The van der Waals surface area contributed by atoms with Crippen LogP contribution >= 0.6 is 0 Å². The van der Waals surface area contributed by atoms with Crippen LogP contribution in [0.3, 0.4) is 0 Å². The van der Waals surface area contributed by atoms with Crippen molar-refractivity contribution in [2.75, 3.05) is 13.2 Å². The Morgan fingerprint density at radius 3 is 3.05 bits per heavy atom. The highest BCUT2D eigenvalue weighted by molar-refractivity contribution is 7.89. The lowest BCUT2D eigenvalue weighted by Crippen LogP contribution is -2.30. The molecule has 1 aliphatic heterocycles. The molecule has 1 aliphatic rings. The highest BCUT2D eigenvalue weighted by Crippen LogP contribution is 2.16. The van der Waals surface area contributed by atoms with Crippen molar-refractivity contribution in [3.05, 3.63) is 11.8 Å². The van der Waals surface area contributed by atoms with E-state index in [-0.39, 0.29) is 23.3 Å². The van der Waals surface area contributed by atoms with E-state index in [9.17, 15) is 8.42 Å². The van der Waals surface area contributed by atoms with Crippen LogP contribution in [0.15, 0.2) is 11.2 Å². The van der Waals surface area contributed by atoms with Crippen molar-refractivity contribution in [2.45, 2.75) is 43.4 Å². The maximum Gasteiger partial charge on any atom is 0.257 e. The molecule has 2 heterocycles. The second kappa shape index (κ2) is 6.47. The Balaban J connectivity index is 1.87. The minimum absolute atomic E-state index is 0.0698. The maximum atomic E-state index is 12.0. The molecule has 0 spiro atoms. The SMILES string of the molecule is O=S(=O)(NCCC1CCCCO1)c1[nH]ncc1CO. The number of ether oxygens (including phenoxy) is 1. The van der Waals surface area contributed by atoms with Gasteiger partial charge in [0.15, 0.2) is 5.03 Å². The Morgan fingerprint density at radius 1 is 1.53 bits per heavy atom. The topological polar surface area (TPSA) is 104 Å². The van der Waals surface area contributed by atoms with Crippen LogP contribution in [-0.4, -0.2) is 43.0 Å². The van der Waals surface area contributed by atoms with E-state index in [1.807, 2.05) is 0 Å². The molecular formula is C11H19N3O4S. The summed E-state index contributed by atoms with van der Waals surface area (Å²) in [6.45, 7) is 0.710. The second-order valence-electron chi connectivity index (χ2n) is 4.56. The lowest BCUT2D eigenvalue weighted by Gasteiger charge is -2.22. The first kappa shape index (κ1) is 14.4. The van der Waals surface area contributed by atoms with Gasteiger partial charge in [-0.25, -0.2) is 13.1 Å². The van der Waals surface area contributed by atoms with E-state index in [0.717, 1.165) is 25.9 Å². The van der Waals surface area contributed by atoms with Gasteiger partial charge in [0.2, 0.25) is 0 Å². The van der Waals surface area contributed by atoms with Gasteiger partial charge in [-0.2, -0.15) is 5.10 Å². The number of sulfonamides is 1. The molecule has 19 heavy (non-hydrogen) atoms. The maximum absolute atomic E-state index is 12.0. The third-order valence-corrected chi connectivity index (χ3v) is 4.62. The van der Waals surface area contributed by atoms with Gasteiger partial charge in [0.25, 0.3) is 10.0 Å². The summed E-state index contributed by atoms with van der Waals surface area (Å²) < 4.78 is 32.0. The van der Waals surface area contributed by atoms with Crippen LogP contribution in [0.1, 0.15) is 31.2 Å². The normalized spacial score (nSPS) is 20.6. The quantitative estimate of drug-likeness (QED) is 0.691. The highest BCUT2D eigenvalue weighted by Gasteiger charge is 2.21. The molecule has 0 saturated carbocycles. The molecule has 0 amide bonds. The summed E-state index contributed by atoms with van der Waals surface area (Å²) in [7, 11) is -3.64. The van der Waals surface area contributed by atoms with E-state index in [2.05, 4.69) is 14.9 Å². The van der Waals surface area contributed by atoms with Crippen molar-refractivity contribution in [2.24, 2.45) is 0 Å². The first-order chi connectivity index (χ1) is 9.13. The van der Waals surface area contributed by atoms with Crippen LogP contribution < -0.4 is 4.72 Å². The van der Waals surface area contributed by atoms with Gasteiger partial charge < -0.3 is 9.84 Å². The van der Waals surface area contributed by atoms with Gasteiger partial charge in [0.05, 0.1) is 18.9 Å². The smallest absolute Gasteiger partial charge is 0.257 e.